The Balaban J connectivity index is 1.67. The van der Waals surface area contributed by atoms with Crippen molar-refractivity contribution in [3.63, 3.8) is 0 Å². The maximum atomic E-state index is 3.85. The highest BCUT2D eigenvalue weighted by Gasteiger charge is 2.34. The van der Waals surface area contributed by atoms with Crippen LogP contribution in [0.4, 0.5) is 0 Å². The highest BCUT2D eigenvalue weighted by molar-refractivity contribution is 9.10. The molecule has 98 valence electrons. The largest absolute Gasteiger partial charge is 0.307 e. The molecule has 0 radical (unpaired) electrons. The lowest BCUT2D eigenvalue weighted by Crippen LogP contribution is -2.44. The van der Waals surface area contributed by atoms with Gasteiger partial charge in [0.1, 0.15) is 0 Å². The zero-order valence-electron chi connectivity index (χ0n) is 10.9. The summed E-state index contributed by atoms with van der Waals surface area (Å²) in [6.45, 7) is 6.17. The first-order valence-electron chi connectivity index (χ1n) is 6.97. The summed E-state index contributed by atoms with van der Waals surface area (Å²) >= 11 is 3.65. The number of nitrogens with zero attached hydrogens (tertiary/aromatic N) is 1. The Morgan fingerprint density at radius 1 is 1.28 bits per heavy atom. The summed E-state index contributed by atoms with van der Waals surface area (Å²) in [4.78, 5) is 2.60. The van der Waals surface area contributed by atoms with Gasteiger partial charge in [-0.25, -0.2) is 0 Å². The fourth-order valence-electron chi connectivity index (χ4n) is 3.41. The van der Waals surface area contributed by atoms with Crippen LogP contribution in [0.1, 0.15) is 31.4 Å². The molecule has 1 aromatic carbocycles. The van der Waals surface area contributed by atoms with E-state index in [4.69, 9.17) is 0 Å². The van der Waals surface area contributed by atoms with Crippen molar-refractivity contribution in [3.8, 4) is 0 Å². The van der Waals surface area contributed by atoms with Gasteiger partial charge in [-0.05, 0) is 50.4 Å². The van der Waals surface area contributed by atoms with E-state index in [-0.39, 0.29) is 0 Å². The molecule has 2 aliphatic heterocycles. The topological polar surface area (TPSA) is 15.3 Å². The third kappa shape index (κ3) is 2.49. The molecule has 2 bridgehead atoms. The van der Waals surface area contributed by atoms with E-state index in [9.17, 15) is 0 Å². The molecule has 2 nitrogen and oxygen atoms in total. The van der Waals surface area contributed by atoms with Gasteiger partial charge in [-0.3, -0.25) is 0 Å². The molecule has 1 N–H and O–H groups in total. The Morgan fingerprint density at radius 3 is 2.89 bits per heavy atom. The van der Waals surface area contributed by atoms with Gasteiger partial charge < -0.3 is 10.2 Å². The lowest BCUT2D eigenvalue weighted by Gasteiger charge is -2.33. The highest BCUT2D eigenvalue weighted by atomic mass is 79.9. The molecule has 2 heterocycles. The van der Waals surface area contributed by atoms with Crippen LogP contribution in [0.25, 0.3) is 0 Å². The van der Waals surface area contributed by atoms with Crippen LogP contribution in [0, 0.1) is 5.92 Å². The zero-order valence-corrected chi connectivity index (χ0v) is 12.5. The Bertz CT molecular complexity index is 421. The molecule has 3 heteroatoms. The molecule has 1 aromatic rings. The molecule has 0 aliphatic carbocycles. The summed E-state index contributed by atoms with van der Waals surface area (Å²) in [7, 11) is 0. The molecule has 18 heavy (non-hydrogen) atoms. The van der Waals surface area contributed by atoms with Crippen LogP contribution in [0.2, 0.25) is 0 Å². The minimum atomic E-state index is 0.428. The number of hydrogen-bond acceptors (Lipinski definition) is 2. The number of nitrogens with one attached hydrogen (secondary N) is 1. The molecule has 4 atom stereocenters. The molecule has 2 aliphatic rings. The molecule has 3 unspecified atom stereocenters. The Labute approximate surface area is 118 Å². The molecule has 2 saturated heterocycles. The standard InChI is InChI=1S/C15H21BrN2/c1-11(13-4-2-3-5-14(13)16)17-15-7-9-18-8-6-12(15)10-18/h2-5,11-12,15,17H,6-10H2,1H3/t11-,12?,15?/m1/s1. The third-order valence-corrected chi connectivity index (χ3v) is 5.19. The van der Waals surface area contributed by atoms with Crippen LogP contribution in [0.5, 0.6) is 0 Å². The monoisotopic (exact) mass is 308 g/mol. The third-order valence-electron chi connectivity index (χ3n) is 4.47. The molecule has 0 amide bonds. The van der Waals surface area contributed by atoms with Crippen LogP contribution >= 0.6 is 15.9 Å². The van der Waals surface area contributed by atoms with E-state index >= 15 is 0 Å². The van der Waals surface area contributed by atoms with Gasteiger partial charge in [0, 0.05) is 23.1 Å². The predicted molar refractivity (Wildman–Crippen MR) is 78.6 cm³/mol. The van der Waals surface area contributed by atoms with E-state index in [2.05, 4.69) is 57.3 Å². The average Bonchev–Trinajstić information content (AvgIpc) is 2.76. The first-order valence-corrected chi connectivity index (χ1v) is 7.76. The van der Waals surface area contributed by atoms with Crippen molar-refractivity contribution in [2.24, 2.45) is 5.92 Å². The summed E-state index contributed by atoms with van der Waals surface area (Å²) < 4.78 is 1.22. The Morgan fingerprint density at radius 2 is 2.06 bits per heavy atom. The first kappa shape index (κ1) is 12.6. The summed E-state index contributed by atoms with van der Waals surface area (Å²) in [5, 5.41) is 3.85. The van der Waals surface area contributed by atoms with Gasteiger partial charge in [-0.15, -0.1) is 0 Å². The number of fused-ring (bicyclic) bond motifs is 2. The van der Waals surface area contributed by atoms with Gasteiger partial charge in [0.2, 0.25) is 0 Å². The second kappa shape index (κ2) is 5.32. The number of benzene rings is 1. The van der Waals surface area contributed by atoms with Crippen LogP contribution in [-0.4, -0.2) is 30.6 Å². The van der Waals surface area contributed by atoms with Gasteiger partial charge in [-0.1, -0.05) is 34.1 Å². The Hall–Kier alpha value is -0.380. The SMILES string of the molecule is C[C@@H](NC1CCN2CCC1C2)c1ccccc1Br. The van der Waals surface area contributed by atoms with Gasteiger partial charge >= 0.3 is 0 Å². The minimum Gasteiger partial charge on any atom is -0.307 e. The van der Waals surface area contributed by atoms with Crippen molar-refractivity contribution >= 4 is 15.9 Å². The maximum Gasteiger partial charge on any atom is 0.0305 e. The molecule has 0 spiro atoms. The minimum absolute atomic E-state index is 0.428. The van der Waals surface area contributed by atoms with Crippen molar-refractivity contribution in [1.82, 2.24) is 10.2 Å². The van der Waals surface area contributed by atoms with Gasteiger partial charge in [0.05, 0.1) is 0 Å². The number of rotatable bonds is 3. The maximum absolute atomic E-state index is 3.85. The smallest absolute Gasteiger partial charge is 0.0305 e. The van der Waals surface area contributed by atoms with Crippen molar-refractivity contribution in [1.29, 1.82) is 0 Å². The van der Waals surface area contributed by atoms with E-state index in [1.54, 1.807) is 0 Å². The van der Waals surface area contributed by atoms with Crippen molar-refractivity contribution in [2.45, 2.75) is 31.8 Å². The van der Waals surface area contributed by atoms with E-state index in [1.165, 1.54) is 42.5 Å². The quantitative estimate of drug-likeness (QED) is 0.922. The van der Waals surface area contributed by atoms with Crippen LogP contribution < -0.4 is 5.32 Å². The first-order chi connectivity index (χ1) is 8.74. The summed E-state index contributed by atoms with van der Waals surface area (Å²) in [5.74, 6) is 0.865. The number of piperidine rings is 1. The van der Waals surface area contributed by atoms with Gasteiger partial charge in [0.25, 0.3) is 0 Å². The summed E-state index contributed by atoms with van der Waals surface area (Å²) in [6, 6.07) is 9.67. The lowest BCUT2D eigenvalue weighted by atomic mass is 9.93. The zero-order chi connectivity index (χ0) is 12.5. The summed E-state index contributed by atoms with van der Waals surface area (Å²) in [6.07, 6.45) is 2.68. The molecule has 0 aromatic heterocycles. The summed E-state index contributed by atoms with van der Waals surface area (Å²) in [5.41, 5.74) is 1.37. The number of halogens is 1. The second-order valence-corrected chi connectivity index (χ2v) is 6.51. The highest BCUT2D eigenvalue weighted by Crippen LogP contribution is 2.30. The van der Waals surface area contributed by atoms with Gasteiger partial charge in [0.15, 0.2) is 0 Å². The van der Waals surface area contributed by atoms with Crippen LogP contribution in [0.3, 0.4) is 0 Å². The molecule has 0 saturated carbocycles. The van der Waals surface area contributed by atoms with E-state index in [1.807, 2.05) is 0 Å². The normalized spacial score (nSPS) is 32.4. The van der Waals surface area contributed by atoms with Crippen molar-refractivity contribution in [3.05, 3.63) is 34.3 Å². The molecular weight excluding hydrogens is 288 g/mol. The van der Waals surface area contributed by atoms with Crippen LogP contribution in [-0.2, 0) is 0 Å². The molecule has 2 fully saturated rings. The Kier molecular flexibility index (Phi) is 3.73. The number of hydrogen-bond donors (Lipinski definition) is 1. The van der Waals surface area contributed by atoms with E-state index in [0.717, 1.165) is 5.92 Å². The van der Waals surface area contributed by atoms with E-state index < -0.39 is 0 Å². The van der Waals surface area contributed by atoms with Crippen molar-refractivity contribution < 1.29 is 0 Å². The molecule has 3 rings (SSSR count). The second-order valence-electron chi connectivity index (χ2n) is 5.65. The average molecular weight is 309 g/mol. The predicted octanol–water partition coefficient (Wildman–Crippen LogP) is 3.19. The van der Waals surface area contributed by atoms with Crippen LogP contribution in [0.15, 0.2) is 28.7 Å². The fourth-order valence-corrected chi connectivity index (χ4v) is 4.04. The lowest BCUT2D eigenvalue weighted by molar-refractivity contribution is 0.212. The fraction of sp³-hybridized carbons (Fsp3) is 0.600. The van der Waals surface area contributed by atoms with Gasteiger partial charge in [-0.2, -0.15) is 0 Å². The molecular formula is C15H21BrN2. The van der Waals surface area contributed by atoms with Crippen molar-refractivity contribution in [2.75, 3.05) is 19.6 Å². The van der Waals surface area contributed by atoms with E-state index in [0.29, 0.717) is 12.1 Å².